The average Bonchev–Trinajstić information content (AvgIpc) is 2.83. The molecule has 8 heteroatoms. The molecule has 35 heavy (non-hydrogen) atoms. The van der Waals surface area contributed by atoms with E-state index in [0.29, 0.717) is 17.2 Å². The predicted octanol–water partition coefficient (Wildman–Crippen LogP) is 4.89. The standard InChI is InChI=1S/C27H37N3O4S/c1-20-6-9-26(21(2)18-20)35(33,34)28-23-7-8-25(24(19-23)27(31)32)30-16-11-22(12-17-30)10-15-29-13-4-3-5-14-29/h6-9,18-19,22,28H,3-5,10-17H2,1-2H3,(H,31,32). The maximum absolute atomic E-state index is 12.9. The van der Waals surface area contributed by atoms with Gasteiger partial charge in [0.15, 0.2) is 0 Å². The van der Waals surface area contributed by atoms with Crippen molar-refractivity contribution in [1.82, 2.24) is 4.90 Å². The van der Waals surface area contributed by atoms with Crippen molar-refractivity contribution in [2.24, 2.45) is 5.92 Å². The molecule has 2 aliphatic rings. The minimum absolute atomic E-state index is 0.123. The summed E-state index contributed by atoms with van der Waals surface area (Å²) in [5.74, 6) is -0.384. The second-order valence-electron chi connectivity index (χ2n) is 10.0. The molecule has 0 amide bonds. The van der Waals surface area contributed by atoms with E-state index in [1.165, 1.54) is 51.4 Å². The zero-order valence-electron chi connectivity index (χ0n) is 20.8. The first-order valence-corrected chi connectivity index (χ1v) is 14.2. The lowest BCUT2D eigenvalue weighted by molar-refractivity contribution is 0.0697. The smallest absolute Gasteiger partial charge is 0.337 e. The molecule has 0 radical (unpaired) electrons. The fourth-order valence-electron chi connectivity index (χ4n) is 5.37. The number of carboxylic acid groups (broad SMARTS) is 1. The molecule has 2 heterocycles. The Morgan fingerprint density at radius 1 is 1.00 bits per heavy atom. The van der Waals surface area contributed by atoms with Crippen LogP contribution in [0.1, 0.15) is 60.0 Å². The number of carbonyl (C=O) groups is 1. The number of hydrogen-bond donors (Lipinski definition) is 2. The number of rotatable bonds is 8. The summed E-state index contributed by atoms with van der Waals surface area (Å²) in [6.07, 6.45) is 7.29. The average molecular weight is 500 g/mol. The van der Waals surface area contributed by atoms with E-state index in [-0.39, 0.29) is 16.1 Å². The van der Waals surface area contributed by atoms with Crippen LogP contribution in [0.5, 0.6) is 0 Å². The van der Waals surface area contributed by atoms with E-state index in [1.54, 1.807) is 31.2 Å². The summed E-state index contributed by atoms with van der Waals surface area (Å²) in [6.45, 7) is 8.91. The molecule has 0 atom stereocenters. The lowest BCUT2D eigenvalue weighted by Gasteiger charge is -2.35. The number of likely N-dealkylation sites (tertiary alicyclic amines) is 1. The highest BCUT2D eigenvalue weighted by Crippen LogP contribution is 2.31. The first kappa shape index (κ1) is 25.5. The van der Waals surface area contributed by atoms with Crippen molar-refractivity contribution in [2.45, 2.75) is 57.3 Å². The highest BCUT2D eigenvalue weighted by atomic mass is 32.2. The van der Waals surface area contributed by atoms with Crippen LogP contribution in [0, 0.1) is 19.8 Å². The third-order valence-corrected chi connectivity index (χ3v) is 8.90. The molecule has 0 bridgehead atoms. The maximum Gasteiger partial charge on any atom is 0.337 e. The zero-order valence-corrected chi connectivity index (χ0v) is 21.6. The molecule has 2 aromatic rings. The maximum atomic E-state index is 12.9. The summed E-state index contributed by atoms with van der Waals surface area (Å²) in [4.78, 5) is 17.0. The molecule has 0 spiro atoms. The summed E-state index contributed by atoms with van der Waals surface area (Å²) in [6, 6.07) is 9.97. The van der Waals surface area contributed by atoms with Gasteiger partial charge in [-0.05, 0) is 101 Å². The van der Waals surface area contributed by atoms with Crippen LogP contribution < -0.4 is 9.62 Å². The van der Waals surface area contributed by atoms with E-state index in [2.05, 4.69) is 14.5 Å². The Morgan fingerprint density at radius 3 is 2.37 bits per heavy atom. The molecular formula is C27H37N3O4S. The number of carboxylic acids is 1. The third kappa shape index (κ3) is 6.35. The first-order chi connectivity index (χ1) is 16.7. The van der Waals surface area contributed by atoms with Crippen LogP contribution in [-0.4, -0.2) is 57.1 Å². The second kappa shape index (κ2) is 11.0. The van der Waals surface area contributed by atoms with Crippen LogP contribution in [0.4, 0.5) is 11.4 Å². The second-order valence-corrected chi connectivity index (χ2v) is 11.7. The van der Waals surface area contributed by atoms with Gasteiger partial charge in [0, 0.05) is 18.8 Å². The predicted molar refractivity (Wildman–Crippen MR) is 140 cm³/mol. The molecule has 2 N–H and O–H groups in total. The number of benzene rings is 2. The molecule has 2 saturated heterocycles. The summed E-state index contributed by atoms with van der Waals surface area (Å²) >= 11 is 0. The van der Waals surface area contributed by atoms with Crippen molar-refractivity contribution in [2.75, 3.05) is 42.3 Å². The van der Waals surface area contributed by atoms with Gasteiger partial charge in [0.1, 0.15) is 0 Å². The van der Waals surface area contributed by atoms with Gasteiger partial charge in [0.05, 0.1) is 16.1 Å². The Bertz CT molecular complexity index is 1150. The Labute approximate surface area is 209 Å². The minimum atomic E-state index is -3.82. The number of hydrogen-bond acceptors (Lipinski definition) is 5. The van der Waals surface area contributed by atoms with Gasteiger partial charge in [-0.25, -0.2) is 13.2 Å². The number of nitrogens with zero attached hydrogens (tertiary/aromatic N) is 2. The van der Waals surface area contributed by atoms with Gasteiger partial charge in [0.2, 0.25) is 0 Å². The molecule has 0 unspecified atom stereocenters. The van der Waals surface area contributed by atoms with E-state index in [4.69, 9.17) is 0 Å². The number of nitrogens with one attached hydrogen (secondary N) is 1. The van der Waals surface area contributed by atoms with Crippen molar-refractivity contribution in [3.8, 4) is 0 Å². The van der Waals surface area contributed by atoms with Crippen molar-refractivity contribution in [1.29, 1.82) is 0 Å². The van der Waals surface area contributed by atoms with Gasteiger partial charge >= 0.3 is 5.97 Å². The van der Waals surface area contributed by atoms with Gasteiger partial charge in [0.25, 0.3) is 10.0 Å². The minimum Gasteiger partial charge on any atom is -0.478 e. The van der Waals surface area contributed by atoms with Gasteiger partial charge < -0.3 is 14.9 Å². The van der Waals surface area contributed by atoms with Crippen LogP contribution in [-0.2, 0) is 10.0 Å². The van der Waals surface area contributed by atoms with Crippen molar-refractivity contribution in [3.63, 3.8) is 0 Å². The van der Waals surface area contributed by atoms with E-state index in [0.717, 1.165) is 31.5 Å². The number of anilines is 2. The van der Waals surface area contributed by atoms with Gasteiger partial charge in [-0.1, -0.05) is 24.1 Å². The highest BCUT2D eigenvalue weighted by Gasteiger charge is 2.25. The SMILES string of the molecule is Cc1ccc(S(=O)(=O)Nc2ccc(N3CCC(CCN4CCCCC4)CC3)c(C(=O)O)c2)c(C)c1. The summed E-state index contributed by atoms with van der Waals surface area (Å²) in [5, 5.41) is 9.88. The number of aryl methyl sites for hydroxylation is 2. The molecular weight excluding hydrogens is 462 g/mol. The number of aromatic carboxylic acids is 1. The Hall–Kier alpha value is -2.58. The van der Waals surface area contributed by atoms with Crippen LogP contribution in [0.25, 0.3) is 0 Å². The zero-order chi connectivity index (χ0) is 25.0. The molecule has 2 aliphatic heterocycles. The van der Waals surface area contributed by atoms with Gasteiger partial charge in [-0.3, -0.25) is 4.72 Å². The Morgan fingerprint density at radius 2 is 1.71 bits per heavy atom. The molecule has 0 aromatic heterocycles. The van der Waals surface area contributed by atoms with Crippen LogP contribution in [0.2, 0.25) is 0 Å². The lowest BCUT2D eigenvalue weighted by Crippen LogP contribution is -2.37. The van der Waals surface area contributed by atoms with Crippen LogP contribution >= 0.6 is 0 Å². The monoisotopic (exact) mass is 499 g/mol. The highest BCUT2D eigenvalue weighted by molar-refractivity contribution is 7.92. The Balaban J connectivity index is 1.42. The topological polar surface area (TPSA) is 90.0 Å². The van der Waals surface area contributed by atoms with Crippen LogP contribution in [0.3, 0.4) is 0 Å². The summed E-state index contributed by atoms with van der Waals surface area (Å²) in [5.41, 5.74) is 2.66. The summed E-state index contributed by atoms with van der Waals surface area (Å²) in [7, 11) is -3.82. The first-order valence-electron chi connectivity index (χ1n) is 12.7. The summed E-state index contributed by atoms with van der Waals surface area (Å²) < 4.78 is 28.4. The van der Waals surface area contributed by atoms with E-state index in [1.807, 2.05) is 13.0 Å². The van der Waals surface area contributed by atoms with Crippen molar-refractivity contribution >= 4 is 27.4 Å². The van der Waals surface area contributed by atoms with E-state index >= 15 is 0 Å². The van der Waals surface area contributed by atoms with E-state index < -0.39 is 16.0 Å². The van der Waals surface area contributed by atoms with Crippen molar-refractivity contribution < 1.29 is 18.3 Å². The van der Waals surface area contributed by atoms with Crippen molar-refractivity contribution in [3.05, 3.63) is 53.1 Å². The number of sulfonamides is 1. The van der Waals surface area contributed by atoms with Gasteiger partial charge in [-0.2, -0.15) is 0 Å². The third-order valence-electron chi connectivity index (χ3n) is 7.36. The molecule has 190 valence electrons. The van der Waals surface area contributed by atoms with Crippen LogP contribution in [0.15, 0.2) is 41.3 Å². The molecule has 7 nitrogen and oxygen atoms in total. The molecule has 2 aromatic carbocycles. The van der Waals surface area contributed by atoms with Gasteiger partial charge in [-0.15, -0.1) is 0 Å². The van der Waals surface area contributed by atoms with E-state index in [9.17, 15) is 18.3 Å². The number of piperidine rings is 2. The molecule has 0 saturated carbocycles. The molecule has 4 rings (SSSR count). The normalized spacial score (nSPS) is 17.9. The fourth-order valence-corrected chi connectivity index (χ4v) is 6.65. The largest absolute Gasteiger partial charge is 0.478 e. The lowest BCUT2D eigenvalue weighted by atomic mass is 9.92. The molecule has 0 aliphatic carbocycles. The quantitative estimate of drug-likeness (QED) is 0.537. The Kier molecular flexibility index (Phi) is 8.02. The molecule has 2 fully saturated rings. The fraction of sp³-hybridized carbons (Fsp3) is 0.519.